The second-order valence-corrected chi connectivity index (χ2v) is 11.6. The van der Waals surface area contributed by atoms with Gasteiger partial charge in [-0.05, 0) is 48.6 Å². The van der Waals surface area contributed by atoms with Crippen LogP contribution in [-0.4, -0.2) is 9.97 Å². The molecule has 0 saturated heterocycles. The third kappa shape index (κ3) is 3.83. The summed E-state index contributed by atoms with van der Waals surface area (Å²) >= 11 is 6.35. The van der Waals surface area contributed by atoms with Crippen LogP contribution in [0.25, 0.3) is 58.1 Å². The monoisotopic (exact) mass is 508 g/mol. The zero-order valence-electron chi connectivity index (χ0n) is 17.4. The zero-order valence-corrected chi connectivity index (χ0v) is 20.6. The minimum absolute atomic E-state index is 0.554. The van der Waals surface area contributed by atoms with E-state index in [1.165, 1.54) is 22.7 Å². The zero-order chi connectivity index (χ0) is 23.1. The molecule has 4 heterocycles. The Morgan fingerprint density at radius 2 is 1.32 bits per heavy atom. The first-order valence-corrected chi connectivity index (χ1v) is 13.4. The van der Waals surface area contributed by atoms with Gasteiger partial charge in [0.1, 0.15) is 16.1 Å². The van der Waals surface area contributed by atoms with E-state index in [-0.39, 0.29) is 0 Å². The van der Waals surface area contributed by atoms with E-state index in [0.29, 0.717) is 11.3 Å². The molecule has 0 N–H and O–H groups in total. The Labute approximate surface area is 210 Å². The Morgan fingerprint density at radius 3 is 1.91 bits per heavy atom. The van der Waals surface area contributed by atoms with Crippen molar-refractivity contribution in [2.75, 3.05) is 0 Å². The quantitative estimate of drug-likeness (QED) is 0.177. The highest BCUT2D eigenvalue weighted by molar-refractivity contribution is 7.28. The normalized spacial score (nSPS) is 12.4. The number of para-hydroxylation sites is 2. The number of benzene rings is 2. The molecule has 0 atom stereocenters. The van der Waals surface area contributed by atoms with E-state index in [2.05, 4.69) is 33.0 Å². The summed E-state index contributed by atoms with van der Waals surface area (Å²) in [7, 11) is 0. The van der Waals surface area contributed by atoms with E-state index in [0.717, 1.165) is 49.6 Å². The molecular weight excluding hydrogens is 497 g/mol. The van der Waals surface area contributed by atoms with Gasteiger partial charge in [0.05, 0.1) is 32.6 Å². The number of nitriles is 1. The number of aromatic nitrogens is 2. The summed E-state index contributed by atoms with van der Waals surface area (Å²) in [5.74, 6) is 0. The maximum absolute atomic E-state index is 9.74. The van der Waals surface area contributed by atoms with E-state index < -0.39 is 0 Å². The molecule has 6 rings (SSSR count). The van der Waals surface area contributed by atoms with E-state index in [1.54, 1.807) is 22.7 Å². The molecule has 0 radical (unpaired) electrons. The fraction of sp³-hybridized carbons (Fsp3) is 0. The van der Waals surface area contributed by atoms with Gasteiger partial charge in [-0.2, -0.15) is 5.26 Å². The third-order valence-electron chi connectivity index (χ3n) is 5.09. The molecular formula is C26H12N4S4. The lowest BCUT2D eigenvalue weighted by molar-refractivity contribution is 1.44. The van der Waals surface area contributed by atoms with E-state index in [4.69, 9.17) is 6.57 Å². The average Bonchev–Trinajstić information content (AvgIpc) is 3.62. The summed E-state index contributed by atoms with van der Waals surface area (Å²) in [6.45, 7) is 7.66. The first-order valence-electron chi connectivity index (χ1n) is 10.2. The standard InChI is InChI=1S/C26H12N4S4/c1-28-20(26-30-19-7-3-5-9-22(19)34-26)11-17-13-24-23(32-17)12-16(31-24)10-15(14-27)25-29-18-6-2-4-8-21(18)33-25/h2-13H/b15-10+,20-11-. The van der Waals surface area contributed by atoms with Crippen LogP contribution in [0.5, 0.6) is 0 Å². The number of hydrogen-bond donors (Lipinski definition) is 0. The van der Waals surface area contributed by atoms with Crippen LogP contribution in [0, 0.1) is 17.9 Å². The Morgan fingerprint density at radius 1 is 0.765 bits per heavy atom. The van der Waals surface area contributed by atoms with E-state index in [1.807, 2.05) is 60.7 Å². The van der Waals surface area contributed by atoms with E-state index in [9.17, 15) is 5.26 Å². The second kappa shape index (κ2) is 8.60. The second-order valence-electron chi connectivity index (χ2n) is 7.31. The molecule has 160 valence electrons. The van der Waals surface area contributed by atoms with Gasteiger partial charge < -0.3 is 0 Å². The van der Waals surface area contributed by atoms with Gasteiger partial charge in [0.15, 0.2) is 0 Å². The number of fused-ring (bicyclic) bond motifs is 3. The molecule has 4 aromatic heterocycles. The predicted octanol–water partition coefficient (Wildman–Crippen LogP) is 8.66. The van der Waals surface area contributed by atoms with Crippen molar-refractivity contribution in [1.82, 2.24) is 9.97 Å². The molecule has 2 aromatic carbocycles. The fourth-order valence-corrected chi connectivity index (χ4v) is 7.70. The smallest absolute Gasteiger partial charge is 0.223 e. The lowest BCUT2D eigenvalue weighted by Crippen LogP contribution is -1.78. The van der Waals surface area contributed by atoms with Crippen LogP contribution < -0.4 is 0 Å². The molecule has 0 spiro atoms. The number of thiazole rings is 2. The number of nitrogens with zero attached hydrogens (tertiary/aromatic N) is 4. The van der Waals surface area contributed by atoms with Gasteiger partial charge in [0.2, 0.25) is 5.70 Å². The topological polar surface area (TPSA) is 53.9 Å². The summed E-state index contributed by atoms with van der Waals surface area (Å²) < 4.78 is 4.43. The predicted molar refractivity (Wildman–Crippen MR) is 147 cm³/mol. The molecule has 0 fully saturated rings. The van der Waals surface area contributed by atoms with Crippen LogP contribution in [0.3, 0.4) is 0 Å². The largest absolute Gasteiger partial charge is 0.248 e. The van der Waals surface area contributed by atoms with Crippen molar-refractivity contribution in [3.05, 3.63) is 91.9 Å². The van der Waals surface area contributed by atoms with Gasteiger partial charge in [0, 0.05) is 19.2 Å². The van der Waals surface area contributed by atoms with Gasteiger partial charge in [-0.3, -0.25) is 0 Å². The highest BCUT2D eigenvalue weighted by atomic mass is 32.1. The lowest BCUT2D eigenvalue weighted by Gasteiger charge is -1.92. The molecule has 34 heavy (non-hydrogen) atoms. The van der Waals surface area contributed by atoms with Gasteiger partial charge in [-0.15, -0.1) is 45.3 Å². The Hall–Kier alpha value is -3.66. The lowest BCUT2D eigenvalue weighted by atomic mass is 10.2. The van der Waals surface area contributed by atoms with Crippen molar-refractivity contribution in [2.24, 2.45) is 0 Å². The maximum Gasteiger partial charge on any atom is 0.223 e. The molecule has 0 unspecified atom stereocenters. The SMILES string of the molecule is [C-]#[N+]/C(=C\c1cc2sc(/C=C(\C#N)c3nc4ccccc4s3)cc2s1)c1nc2ccccc2s1. The third-order valence-corrected chi connectivity index (χ3v) is 9.40. The number of hydrogen-bond acceptors (Lipinski definition) is 7. The molecule has 0 saturated carbocycles. The van der Waals surface area contributed by atoms with Crippen LogP contribution >= 0.6 is 45.3 Å². The molecule has 6 aromatic rings. The summed E-state index contributed by atoms with van der Waals surface area (Å²) in [4.78, 5) is 15.0. The number of rotatable bonds is 4. The summed E-state index contributed by atoms with van der Waals surface area (Å²) in [6, 6.07) is 22.4. The van der Waals surface area contributed by atoms with Crippen LogP contribution in [0.4, 0.5) is 0 Å². The van der Waals surface area contributed by atoms with Crippen LogP contribution in [-0.2, 0) is 0 Å². The molecule has 4 nitrogen and oxygen atoms in total. The fourth-order valence-electron chi connectivity index (χ4n) is 3.55. The van der Waals surface area contributed by atoms with Crippen molar-refractivity contribution >= 4 is 98.6 Å². The first-order chi connectivity index (χ1) is 16.7. The molecule has 0 aliphatic heterocycles. The van der Waals surface area contributed by atoms with Crippen molar-refractivity contribution < 1.29 is 0 Å². The molecule has 8 heteroatoms. The Kier molecular flexibility index (Phi) is 5.29. The van der Waals surface area contributed by atoms with Crippen molar-refractivity contribution in [3.8, 4) is 6.07 Å². The van der Waals surface area contributed by atoms with Crippen LogP contribution in [0.1, 0.15) is 19.8 Å². The highest BCUT2D eigenvalue weighted by Crippen LogP contribution is 2.38. The van der Waals surface area contributed by atoms with Crippen LogP contribution in [0.15, 0.2) is 60.7 Å². The van der Waals surface area contributed by atoms with Gasteiger partial charge >= 0.3 is 0 Å². The van der Waals surface area contributed by atoms with Crippen LogP contribution in [0.2, 0.25) is 0 Å². The first kappa shape index (κ1) is 20.9. The van der Waals surface area contributed by atoms with Gasteiger partial charge in [-0.1, -0.05) is 24.3 Å². The molecule has 0 aliphatic rings. The maximum atomic E-state index is 9.74. The number of allylic oxidation sites excluding steroid dienone is 1. The summed E-state index contributed by atoms with van der Waals surface area (Å²) in [5, 5.41) is 11.2. The average molecular weight is 509 g/mol. The van der Waals surface area contributed by atoms with Crippen molar-refractivity contribution in [3.63, 3.8) is 0 Å². The summed E-state index contributed by atoms with van der Waals surface area (Å²) in [5.41, 5.74) is 2.96. The Bertz CT molecular complexity index is 1620. The number of thiophene rings is 2. The Balaban J connectivity index is 1.32. The minimum atomic E-state index is 0.554. The molecule has 0 amide bonds. The van der Waals surface area contributed by atoms with Gasteiger partial charge in [0.25, 0.3) is 0 Å². The molecule has 0 aliphatic carbocycles. The minimum Gasteiger partial charge on any atom is -0.248 e. The highest BCUT2D eigenvalue weighted by Gasteiger charge is 2.13. The van der Waals surface area contributed by atoms with Crippen molar-refractivity contribution in [2.45, 2.75) is 0 Å². The van der Waals surface area contributed by atoms with Crippen molar-refractivity contribution in [1.29, 1.82) is 5.26 Å². The van der Waals surface area contributed by atoms with Gasteiger partial charge in [-0.25, -0.2) is 14.8 Å². The summed E-state index contributed by atoms with van der Waals surface area (Å²) in [6.07, 6.45) is 3.83. The molecule has 0 bridgehead atoms. The van der Waals surface area contributed by atoms with E-state index >= 15 is 0 Å².